The second kappa shape index (κ2) is 24.7. The number of carbonyl (C=O) groups excluding carboxylic acids is 4. The van der Waals surface area contributed by atoms with E-state index in [0.29, 0.717) is 35.3 Å². The summed E-state index contributed by atoms with van der Waals surface area (Å²) < 4.78 is 15.8. The van der Waals surface area contributed by atoms with Crippen LogP contribution in [0, 0.1) is 7.43 Å². The molecule has 2 unspecified atom stereocenters. The van der Waals surface area contributed by atoms with Gasteiger partial charge in [-0.3, -0.25) is 9.59 Å². The summed E-state index contributed by atoms with van der Waals surface area (Å²) in [6.07, 6.45) is 18.5. The van der Waals surface area contributed by atoms with Crippen molar-refractivity contribution in [2.24, 2.45) is 0 Å². The first-order valence-electron chi connectivity index (χ1n) is 20.2. The number of nitrogens with zero attached hydrogens (tertiary/aromatic N) is 1. The molecule has 2 aliphatic heterocycles. The largest absolute Gasteiger partial charge is 0.509 e. The molecule has 3 fully saturated rings. The highest BCUT2D eigenvalue weighted by molar-refractivity contribution is 7.99. The second-order valence-electron chi connectivity index (χ2n) is 14.6. The lowest BCUT2D eigenvalue weighted by molar-refractivity contribution is -0.0181. The van der Waals surface area contributed by atoms with Crippen molar-refractivity contribution in [1.29, 1.82) is 0 Å². The van der Waals surface area contributed by atoms with E-state index in [1.165, 1.54) is 38.5 Å². The van der Waals surface area contributed by atoms with Crippen LogP contribution in [0.1, 0.15) is 89.6 Å². The third-order valence-corrected chi connectivity index (χ3v) is 13.7. The Morgan fingerprint density at radius 3 is 1.48 bits per heavy atom. The molecule has 0 bridgehead atoms. The van der Waals surface area contributed by atoms with Crippen LogP contribution < -0.4 is 0 Å². The summed E-state index contributed by atoms with van der Waals surface area (Å²) >= 11 is 6.35. The van der Waals surface area contributed by atoms with Crippen molar-refractivity contribution in [3.63, 3.8) is 0 Å². The smallest absolute Gasteiger partial charge is 0.445 e. The molecule has 0 aromatic heterocycles. The Balaban J connectivity index is 0.000000236. The number of piperidine rings is 1. The van der Waals surface area contributed by atoms with Gasteiger partial charge in [0.25, 0.3) is 0 Å². The molecule has 2 heterocycles. The predicted octanol–water partition coefficient (Wildman–Crippen LogP) is 12.0. The van der Waals surface area contributed by atoms with Crippen LogP contribution in [0.5, 0.6) is 0 Å². The van der Waals surface area contributed by atoms with E-state index < -0.39 is 35.8 Å². The fourth-order valence-electron chi connectivity index (χ4n) is 7.11. The summed E-state index contributed by atoms with van der Waals surface area (Å²) in [4.78, 5) is 56.3. The number of likely N-dealkylation sites (tertiary alicyclic amines) is 1. The maximum absolute atomic E-state index is 13.3. The number of ether oxygens (including phenoxy) is 3. The van der Waals surface area contributed by atoms with Crippen molar-refractivity contribution in [1.82, 2.24) is 4.90 Å². The molecule has 1 N–H and O–H groups in total. The molecule has 1 saturated carbocycles. The molecule has 0 spiro atoms. The van der Waals surface area contributed by atoms with E-state index in [-0.39, 0.29) is 19.8 Å². The topological polar surface area (TPSA) is 119 Å². The number of aliphatic hydroxyl groups is 1. The molecule has 2 saturated heterocycles. The van der Waals surface area contributed by atoms with Crippen molar-refractivity contribution in [2.45, 2.75) is 88.6 Å². The quantitative estimate of drug-likeness (QED) is 0.0631. The Morgan fingerprint density at radius 2 is 1.05 bits per heavy atom. The zero-order valence-electron chi connectivity index (χ0n) is 35.8. The molecule has 13 heteroatoms. The Bertz CT molecular complexity index is 1990. The standard InChI is InChI=1S/C23H27NO4S2.C18H16O4S2.C6H12.CH3/c1-29-19-10-6-17(7-11-19)21(25)23(27,18-8-12-20(30-2)13-9-18)16-28-22(26)24-14-4-3-5-15-24;1-23-14-7-3-12(4-8-14)16(19)18(11-21-17(20)22-18)13-5-9-15(24-2)10-6-13;1-2-4-6-5-3-1;/h6-13,27H,3-5,14-16H2,1-2H3;3-10H,11H2,1-2H3;1-6H2;1H3/q;;;-1. The summed E-state index contributed by atoms with van der Waals surface area (Å²) in [6.45, 7) is 0.741. The van der Waals surface area contributed by atoms with Crippen molar-refractivity contribution in [3.8, 4) is 0 Å². The zero-order chi connectivity index (χ0) is 43.0. The van der Waals surface area contributed by atoms with E-state index in [0.717, 1.165) is 38.8 Å². The van der Waals surface area contributed by atoms with E-state index in [1.807, 2.05) is 85.7 Å². The number of benzene rings is 4. The number of carbonyl (C=O) groups is 4. The minimum atomic E-state index is -1.96. The van der Waals surface area contributed by atoms with E-state index in [9.17, 15) is 24.3 Å². The first-order valence-corrected chi connectivity index (χ1v) is 25.1. The molecular weight excluding hydrogens is 847 g/mol. The number of amides is 1. The minimum absolute atomic E-state index is 0. The summed E-state index contributed by atoms with van der Waals surface area (Å²) in [5, 5.41) is 11.5. The number of cyclic esters (lactones) is 2. The van der Waals surface area contributed by atoms with Crippen LogP contribution in [-0.2, 0) is 25.4 Å². The van der Waals surface area contributed by atoms with E-state index in [4.69, 9.17) is 14.2 Å². The Hall–Kier alpha value is -3.88. The lowest BCUT2D eigenvalue weighted by atomic mass is 9.86. The lowest BCUT2D eigenvalue weighted by Crippen LogP contribution is -2.44. The van der Waals surface area contributed by atoms with Gasteiger partial charge in [-0.15, -0.1) is 47.0 Å². The van der Waals surface area contributed by atoms with Gasteiger partial charge in [-0.25, -0.2) is 9.59 Å². The van der Waals surface area contributed by atoms with Crippen LogP contribution in [0.3, 0.4) is 0 Å². The predicted molar refractivity (Wildman–Crippen MR) is 250 cm³/mol. The van der Waals surface area contributed by atoms with Gasteiger partial charge in [0, 0.05) is 49.4 Å². The van der Waals surface area contributed by atoms with Crippen LogP contribution in [0.2, 0.25) is 0 Å². The van der Waals surface area contributed by atoms with Crippen molar-refractivity contribution in [2.75, 3.05) is 51.3 Å². The molecule has 9 nitrogen and oxygen atoms in total. The summed E-state index contributed by atoms with van der Waals surface area (Å²) in [5.74, 6) is -0.767. The molecule has 0 radical (unpaired) electrons. The van der Waals surface area contributed by atoms with Crippen molar-refractivity contribution >= 4 is 70.9 Å². The highest BCUT2D eigenvalue weighted by atomic mass is 32.2. The van der Waals surface area contributed by atoms with Crippen LogP contribution in [0.15, 0.2) is 117 Å². The number of hydrogen-bond donors (Lipinski definition) is 1. The van der Waals surface area contributed by atoms with Gasteiger partial charge in [0.2, 0.25) is 17.2 Å². The number of rotatable bonds is 12. The molecule has 2 atom stereocenters. The molecule has 4 aromatic carbocycles. The molecule has 1 aliphatic carbocycles. The van der Waals surface area contributed by atoms with E-state index in [1.54, 1.807) is 88.3 Å². The summed E-state index contributed by atoms with van der Waals surface area (Å²) in [7, 11) is 0. The van der Waals surface area contributed by atoms with Gasteiger partial charge in [-0.2, -0.15) is 0 Å². The van der Waals surface area contributed by atoms with E-state index in [2.05, 4.69) is 0 Å². The van der Waals surface area contributed by atoms with Gasteiger partial charge < -0.3 is 31.6 Å². The third-order valence-electron chi connectivity index (χ3n) is 10.7. The molecule has 7 rings (SSSR count). The molecule has 3 aliphatic rings. The molecule has 4 aromatic rings. The summed E-state index contributed by atoms with van der Waals surface area (Å²) in [6, 6.07) is 28.9. The van der Waals surface area contributed by atoms with Crippen LogP contribution in [-0.4, -0.2) is 85.1 Å². The fraction of sp³-hybridized carbons (Fsp3) is 0.396. The molecule has 328 valence electrons. The van der Waals surface area contributed by atoms with Crippen LogP contribution in [0.25, 0.3) is 0 Å². The van der Waals surface area contributed by atoms with Gasteiger partial charge in [0.05, 0.1) is 0 Å². The highest BCUT2D eigenvalue weighted by Crippen LogP contribution is 2.37. The third kappa shape index (κ3) is 13.3. The maximum atomic E-state index is 13.3. The van der Waals surface area contributed by atoms with Crippen molar-refractivity contribution < 1.29 is 38.5 Å². The van der Waals surface area contributed by atoms with Gasteiger partial charge in [-0.05, 0) is 98.4 Å². The van der Waals surface area contributed by atoms with Gasteiger partial charge in [-0.1, -0.05) is 87.1 Å². The lowest BCUT2D eigenvalue weighted by Gasteiger charge is -2.30. The maximum Gasteiger partial charge on any atom is 0.509 e. The average Bonchev–Trinajstić information content (AvgIpc) is 3.73. The summed E-state index contributed by atoms with van der Waals surface area (Å²) in [5.41, 5.74) is -1.49. The number of Topliss-reactive ketones (excluding diaryl/α,β-unsaturated/α-hetero) is 2. The number of thioether (sulfide) groups is 4. The fourth-order valence-corrected chi connectivity index (χ4v) is 8.74. The first kappa shape index (κ1) is 49.8. The zero-order valence-corrected chi connectivity index (χ0v) is 39.1. The Labute approximate surface area is 378 Å². The highest BCUT2D eigenvalue weighted by Gasteiger charge is 2.51. The van der Waals surface area contributed by atoms with E-state index >= 15 is 0 Å². The van der Waals surface area contributed by atoms with Crippen LogP contribution in [0.4, 0.5) is 9.59 Å². The Kier molecular flexibility index (Phi) is 20.1. The van der Waals surface area contributed by atoms with Gasteiger partial charge in [0.1, 0.15) is 13.2 Å². The molecule has 61 heavy (non-hydrogen) atoms. The Morgan fingerprint density at radius 1 is 0.639 bits per heavy atom. The first-order chi connectivity index (χ1) is 29.1. The SMILES string of the molecule is C1CCCCC1.CSc1ccc(C(=O)C(O)(COC(=O)N2CCCCC2)c2ccc(SC)cc2)cc1.CSc1ccc(C(=O)C2(c3ccc(SC)cc3)COC(=O)O2)cc1.[CH3-]. The molecular formula is C48H58NO8S4-. The second-order valence-corrected chi connectivity index (χ2v) is 18.1. The van der Waals surface area contributed by atoms with Crippen LogP contribution >= 0.6 is 47.0 Å². The van der Waals surface area contributed by atoms with Gasteiger partial charge in [0.15, 0.2) is 5.60 Å². The number of hydrogen-bond acceptors (Lipinski definition) is 12. The number of ketones is 2. The van der Waals surface area contributed by atoms with Gasteiger partial charge >= 0.3 is 12.2 Å². The molecule has 1 amide bonds. The monoisotopic (exact) mass is 904 g/mol. The van der Waals surface area contributed by atoms with Crippen molar-refractivity contribution in [3.05, 3.63) is 127 Å². The minimum Gasteiger partial charge on any atom is -0.445 e. The normalized spacial score (nSPS) is 18.0. The average molecular weight is 905 g/mol.